The lowest BCUT2D eigenvalue weighted by Crippen LogP contribution is -2.37. The van der Waals surface area contributed by atoms with Crippen LogP contribution in [0.15, 0.2) is 23.8 Å². The number of nitrogen functional groups attached to an aromatic ring is 2. The number of hydrogen-bond donors (Lipinski definition) is 6. The molecule has 3 saturated heterocycles. The van der Waals surface area contributed by atoms with E-state index in [0.29, 0.717) is 0 Å². The van der Waals surface area contributed by atoms with Gasteiger partial charge in [-0.3, -0.25) is 18.9 Å². The number of rotatable bonds is 2. The van der Waals surface area contributed by atoms with Gasteiger partial charge in [0.15, 0.2) is 54.3 Å². The molecule has 3 aliphatic heterocycles. The Balaban J connectivity index is 1.17. The van der Waals surface area contributed by atoms with Crippen LogP contribution >= 0.6 is 37.6 Å². The summed E-state index contributed by atoms with van der Waals surface area (Å²) in [6.07, 6.45) is 1.79. The highest BCUT2D eigenvalue weighted by atomic mass is 32.7. The number of H-pyrrole nitrogens is 1. The maximum atomic E-state index is 16.1. The molecule has 23 heteroatoms. The third-order valence-electron chi connectivity index (χ3n) is 7.42. The number of fused-ring (bicyclic) bond motifs is 4. The summed E-state index contributed by atoms with van der Waals surface area (Å²) in [6, 6.07) is 0. The minimum atomic E-state index is -3.33. The van der Waals surface area contributed by atoms with Crippen molar-refractivity contribution in [3.05, 3.63) is 29.3 Å². The van der Waals surface area contributed by atoms with E-state index in [0.717, 1.165) is 0 Å². The predicted molar refractivity (Wildman–Crippen MR) is 169 cm³/mol. The van der Waals surface area contributed by atoms with E-state index in [1.54, 1.807) is 0 Å². The van der Waals surface area contributed by atoms with Gasteiger partial charge in [0.1, 0.15) is 42.4 Å². The third kappa shape index (κ3) is 5.59. The molecule has 0 aliphatic carbocycles. The highest BCUT2D eigenvalue weighted by Gasteiger charge is 2.52. The Kier molecular flexibility index (Phi) is 7.81. The fraction of sp³-hybridized carbons (Fsp3) is 0.455. The lowest BCUT2D eigenvalue weighted by atomic mass is 10.1. The van der Waals surface area contributed by atoms with Crippen molar-refractivity contribution in [3.8, 4) is 0 Å². The van der Waals surface area contributed by atoms with Crippen LogP contribution in [-0.2, 0) is 27.6 Å². The minimum absolute atomic E-state index is 0.0173. The van der Waals surface area contributed by atoms with Crippen molar-refractivity contribution in [1.29, 1.82) is 0 Å². The minimum Gasteiger partial charge on any atom is -0.386 e. The van der Waals surface area contributed by atoms with Gasteiger partial charge in [0.2, 0.25) is 5.95 Å². The van der Waals surface area contributed by atoms with Crippen molar-refractivity contribution in [3.63, 3.8) is 0 Å². The number of nitrogens with one attached hydrogen (secondary N) is 1. The Morgan fingerprint density at radius 3 is 2.24 bits per heavy atom. The van der Waals surface area contributed by atoms with Crippen LogP contribution < -0.4 is 17.0 Å². The fourth-order valence-corrected chi connectivity index (χ4v) is 8.61. The lowest BCUT2D eigenvalue weighted by Gasteiger charge is -2.32. The van der Waals surface area contributed by atoms with Crippen LogP contribution in [0.1, 0.15) is 12.5 Å². The van der Waals surface area contributed by atoms with E-state index in [1.807, 2.05) is 0 Å². The van der Waals surface area contributed by atoms with E-state index < -0.39 is 67.8 Å². The van der Waals surface area contributed by atoms with Crippen LogP contribution in [0.25, 0.3) is 22.3 Å². The Labute approximate surface area is 263 Å². The molecule has 7 rings (SSSR count). The van der Waals surface area contributed by atoms with Crippen molar-refractivity contribution >= 4 is 84.3 Å². The number of aromatic amines is 1. The number of thiol groups is 2. The molecule has 0 bridgehead atoms. The van der Waals surface area contributed by atoms with Crippen LogP contribution in [0.3, 0.4) is 0 Å². The number of halogens is 1. The molecule has 4 aromatic rings. The zero-order valence-corrected chi connectivity index (χ0v) is 26.5. The largest absolute Gasteiger partial charge is 0.386 e. The van der Waals surface area contributed by atoms with E-state index in [4.69, 9.17) is 39.0 Å². The van der Waals surface area contributed by atoms with Gasteiger partial charge in [0.25, 0.3) is 5.56 Å². The van der Waals surface area contributed by atoms with Gasteiger partial charge in [0, 0.05) is 0 Å². The second-order valence-electron chi connectivity index (χ2n) is 10.4. The molecule has 0 spiro atoms. The van der Waals surface area contributed by atoms with E-state index >= 15 is 4.39 Å². The lowest BCUT2D eigenvalue weighted by molar-refractivity contribution is -0.0521. The summed E-state index contributed by atoms with van der Waals surface area (Å²) in [5.74, 6) is -0.0334. The van der Waals surface area contributed by atoms with Gasteiger partial charge >= 0.3 is 0 Å². The van der Waals surface area contributed by atoms with Crippen molar-refractivity contribution in [2.24, 2.45) is 0 Å². The second kappa shape index (κ2) is 11.3. The first kappa shape index (κ1) is 31.1. The van der Waals surface area contributed by atoms with Crippen molar-refractivity contribution in [2.75, 3.05) is 24.7 Å². The summed E-state index contributed by atoms with van der Waals surface area (Å²) in [7, 11) is 0. The zero-order valence-electron chi connectivity index (χ0n) is 22.9. The van der Waals surface area contributed by atoms with Crippen LogP contribution in [0.5, 0.6) is 0 Å². The van der Waals surface area contributed by atoms with Crippen molar-refractivity contribution in [1.82, 2.24) is 39.0 Å². The topological polar surface area (TPSA) is 235 Å². The number of aliphatic hydroxyl groups is 1. The first-order valence-corrected chi connectivity index (χ1v) is 19.1. The van der Waals surface area contributed by atoms with Gasteiger partial charge in [-0.25, -0.2) is 24.3 Å². The first-order chi connectivity index (χ1) is 21.3. The Bertz CT molecular complexity index is 1950. The van der Waals surface area contributed by atoms with E-state index in [-0.39, 0.29) is 47.3 Å². The smallest absolute Gasteiger partial charge is 0.280 e. The van der Waals surface area contributed by atoms with Crippen molar-refractivity contribution < 1.29 is 37.1 Å². The van der Waals surface area contributed by atoms with E-state index in [2.05, 4.69) is 67.0 Å². The molecule has 4 aromatic heterocycles. The third-order valence-corrected chi connectivity index (χ3v) is 10.9. The van der Waals surface area contributed by atoms with Crippen molar-refractivity contribution in [2.45, 2.75) is 49.1 Å². The molecular weight excluding hydrogens is 677 g/mol. The van der Waals surface area contributed by atoms with Crippen LogP contribution in [-0.4, -0.2) is 107 Å². The standard InChI is InChI=1S/C22H27FN10O8P2S2/c1-42(44)37-4-9-15(13(34)21(39-9)33-7-29-12-18(33)30-22(25)31-19(12)35)41-43(2,45)36-3-8-14(40-42)10(23)20(38-8)32-6-28-11-16(24)26-5-27-17(11)32/h5-10,13-15,20-21,34,44-45H,1-4H2,(H2,24,26,27)(H3,25,30,31,35)/t8-,9+,10+,13+,14-,15+,20-,21?,42-,43-/m0/s1. The highest BCUT2D eigenvalue weighted by Crippen LogP contribution is 2.60. The fourth-order valence-electron chi connectivity index (χ4n) is 5.40. The molecule has 3 aliphatic rings. The van der Waals surface area contributed by atoms with Crippen LogP contribution in [0.4, 0.5) is 16.2 Å². The quantitative estimate of drug-likeness (QED) is 0.124. The number of hydrogen-bond acceptors (Lipinski definition) is 17. The highest BCUT2D eigenvalue weighted by molar-refractivity contribution is 8.48. The van der Waals surface area contributed by atoms with Gasteiger partial charge < -0.3 is 44.1 Å². The molecule has 0 amide bonds. The Morgan fingerprint density at radius 2 is 1.53 bits per heavy atom. The van der Waals surface area contributed by atoms with Gasteiger partial charge in [-0.1, -0.05) is 24.5 Å². The molecule has 6 N–H and O–H groups in total. The Hall–Kier alpha value is -2.55. The van der Waals surface area contributed by atoms with Gasteiger partial charge in [-0.2, -0.15) is 4.98 Å². The second-order valence-corrected chi connectivity index (χ2v) is 17.6. The molecule has 0 aromatic carbocycles. The van der Waals surface area contributed by atoms with Crippen LogP contribution in [0, 0.1) is 0 Å². The summed E-state index contributed by atoms with van der Waals surface area (Å²) in [4.78, 5) is 35.1. The molecule has 10 atom stereocenters. The molecule has 0 saturated carbocycles. The van der Waals surface area contributed by atoms with Gasteiger partial charge in [-0.15, -0.1) is 0 Å². The summed E-state index contributed by atoms with van der Waals surface area (Å²) < 4.78 is 55.1. The zero-order chi connectivity index (χ0) is 31.8. The van der Waals surface area contributed by atoms with E-state index in [1.165, 1.54) is 28.1 Å². The molecule has 45 heavy (non-hydrogen) atoms. The number of aliphatic hydroxyl groups excluding tert-OH is 1. The first-order valence-electron chi connectivity index (χ1n) is 13.2. The van der Waals surface area contributed by atoms with E-state index in [9.17, 15) is 9.90 Å². The Morgan fingerprint density at radius 1 is 0.933 bits per heavy atom. The number of alkyl halides is 1. The molecule has 0 radical (unpaired) electrons. The molecule has 7 heterocycles. The van der Waals surface area contributed by atoms with Gasteiger partial charge in [-0.05, 0) is 12.6 Å². The molecule has 1 unspecified atom stereocenters. The SMILES string of the molecule is C=[P@]1(S)OC[C@H]2OC(n3cnc4c(=O)[nH]c(N)nc43)[C@H](O)[C@@H]2O[P@@](=C)(S)OC[C@@H]2O[C@H](n3cnc4c(N)ncnc43)[C@H](F)[C@H]2O1. The summed E-state index contributed by atoms with van der Waals surface area (Å²) in [5, 5.41) is 11.4. The summed E-state index contributed by atoms with van der Waals surface area (Å²) in [6.45, 7) is -7.17. The molecule has 18 nitrogen and oxygen atoms in total. The van der Waals surface area contributed by atoms with Gasteiger partial charge in [0.05, 0.1) is 25.9 Å². The van der Waals surface area contributed by atoms with Crippen LogP contribution in [0.2, 0.25) is 0 Å². The number of nitrogens with zero attached hydrogens (tertiary/aromatic N) is 7. The molecule has 242 valence electrons. The average Bonchev–Trinajstić information content (AvgIpc) is 3.72. The maximum Gasteiger partial charge on any atom is 0.280 e. The molecular formula is C22H27FN10O8P2S2. The number of anilines is 2. The number of nitrogens with two attached hydrogens (primary N) is 2. The average molecular weight is 705 g/mol. The monoisotopic (exact) mass is 704 g/mol. The predicted octanol–water partition coefficient (Wildman–Crippen LogP) is 0.684. The maximum absolute atomic E-state index is 16.1. The normalized spacial score (nSPS) is 37.7. The summed E-state index contributed by atoms with van der Waals surface area (Å²) in [5.41, 5.74) is 11.6. The number of imidazole rings is 2. The number of aromatic nitrogens is 8. The summed E-state index contributed by atoms with van der Waals surface area (Å²) >= 11 is 9.02. The number of ether oxygens (including phenoxy) is 2. The molecule has 3 fully saturated rings.